The van der Waals surface area contributed by atoms with Gasteiger partial charge in [-0.25, -0.2) is 0 Å². The first kappa shape index (κ1) is 9.74. The van der Waals surface area contributed by atoms with E-state index in [2.05, 4.69) is 52.8 Å². The predicted octanol–water partition coefficient (Wildman–Crippen LogP) is 2.71. The van der Waals surface area contributed by atoms with Gasteiger partial charge in [0.2, 0.25) is 0 Å². The number of aromatic nitrogens is 1. The Morgan fingerprint density at radius 1 is 1.43 bits per heavy atom. The number of nitrogens with two attached hydrogens (primary N) is 1. The molecule has 74 valence electrons. The molecule has 1 aromatic carbocycles. The van der Waals surface area contributed by atoms with Crippen LogP contribution in [0.25, 0.3) is 10.9 Å². The average molecular weight is 253 g/mol. The van der Waals surface area contributed by atoms with E-state index in [-0.39, 0.29) is 0 Å². The summed E-state index contributed by atoms with van der Waals surface area (Å²) in [4.78, 5) is 0. The van der Waals surface area contributed by atoms with Gasteiger partial charge in [-0.3, -0.25) is 0 Å². The van der Waals surface area contributed by atoms with E-state index in [1.165, 1.54) is 22.0 Å². The molecule has 0 aliphatic rings. The maximum Gasteiger partial charge on any atom is 0.0484 e. The summed E-state index contributed by atoms with van der Waals surface area (Å²) < 4.78 is 3.27. The molecule has 0 saturated heterocycles. The van der Waals surface area contributed by atoms with E-state index in [1.54, 1.807) is 0 Å². The van der Waals surface area contributed by atoms with Crippen molar-refractivity contribution in [2.75, 3.05) is 0 Å². The molecule has 2 nitrogen and oxygen atoms in total. The Balaban J connectivity index is 2.84. The molecule has 2 aromatic rings. The zero-order valence-electron chi connectivity index (χ0n) is 8.34. The molecule has 1 aromatic heterocycles. The Labute approximate surface area is 91.8 Å². The fourth-order valence-electron chi connectivity index (χ4n) is 1.75. The Bertz CT molecular complexity index is 485. The van der Waals surface area contributed by atoms with E-state index >= 15 is 0 Å². The minimum atomic E-state index is 0.590. The standard InChI is InChI=1S/C11H13BrN2/c1-7-3-11-9(4-10(7)12)8(5-13)6-14(11)2/h3-4,6H,5,13H2,1-2H3. The van der Waals surface area contributed by atoms with E-state index in [0.717, 1.165) is 4.47 Å². The van der Waals surface area contributed by atoms with Gasteiger partial charge in [-0.05, 0) is 30.2 Å². The molecule has 0 aliphatic carbocycles. The van der Waals surface area contributed by atoms with E-state index in [1.807, 2.05) is 0 Å². The molecular weight excluding hydrogens is 240 g/mol. The lowest BCUT2D eigenvalue weighted by Crippen LogP contribution is -1.94. The lowest BCUT2D eigenvalue weighted by atomic mass is 10.1. The molecule has 0 saturated carbocycles. The summed E-state index contributed by atoms with van der Waals surface area (Å²) in [6.45, 7) is 2.69. The molecule has 0 atom stereocenters. The van der Waals surface area contributed by atoms with Gasteiger partial charge in [0.15, 0.2) is 0 Å². The van der Waals surface area contributed by atoms with E-state index in [4.69, 9.17) is 5.73 Å². The summed E-state index contributed by atoms with van der Waals surface area (Å²) in [7, 11) is 2.05. The smallest absolute Gasteiger partial charge is 0.0484 e. The third kappa shape index (κ3) is 1.37. The number of nitrogens with zero attached hydrogens (tertiary/aromatic N) is 1. The van der Waals surface area contributed by atoms with Gasteiger partial charge in [0.1, 0.15) is 0 Å². The Kier molecular flexibility index (Phi) is 2.37. The lowest BCUT2D eigenvalue weighted by molar-refractivity contribution is 0.948. The van der Waals surface area contributed by atoms with Crippen molar-refractivity contribution in [2.45, 2.75) is 13.5 Å². The SMILES string of the molecule is Cc1cc2c(cc1Br)c(CN)cn2C. The molecule has 0 spiro atoms. The van der Waals surface area contributed by atoms with Crippen molar-refractivity contribution >= 4 is 26.8 Å². The van der Waals surface area contributed by atoms with Gasteiger partial charge in [0.05, 0.1) is 0 Å². The van der Waals surface area contributed by atoms with Gasteiger partial charge < -0.3 is 10.3 Å². The zero-order chi connectivity index (χ0) is 10.3. The molecule has 1 heterocycles. The molecule has 0 radical (unpaired) electrons. The summed E-state index contributed by atoms with van der Waals surface area (Å²) in [5.41, 5.74) is 9.38. The Morgan fingerprint density at radius 3 is 2.79 bits per heavy atom. The molecule has 3 heteroatoms. The second-order valence-electron chi connectivity index (χ2n) is 3.59. The maximum atomic E-state index is 5.69. The molecule has 14 heavy (non-hydrogen) atoms. The van der Waals surface area contributed by atoms with Crippen molar-refractivity contribution in [1.82, 2.24) is 4.57 Å². The number of hydrogen-bond acceptors (Lipinski definition) is 1. The van der Waals surface area contributed by atoms with Crippen LogP contribution in [0.1, 0.15) is 11.1 Å². The summed E-state index contributed by atoms with van der Waals surface area (Å²) >= 11 is 3.54. The van der Waals surface area contributed by atoms with Crippen molar-refractivity contribution in [3.63, 3.8) is 0 Å². The quantitative estimate of drug-likeness (QED) is 0.832. The highest BCUT2D eigenvalue weighted by Crippen LogP contribution is 2.27. The van der Waals surface area contributed by atoms with Gasteiger partial charge >= 0.3 is 0 Å². The number of halogens is 1. The lowest BCUT2D eigenvalue weighted by Gasteiger charge is -2.01. The van der Waals surface area contributed by atoms with Crippen molar-refractivity contribution < 1.29 is 0 Å². The van der Waals surface area contributed by atoms with E-state index in [9.17, 15) is 0 Å². The molecule has 0 bridgehead atoms. The van der Waals surface area contributed by atoms with Crippen molar-refractivity contribution in [3.05, 3.63) is 33.9 Å². The summed E-state index contributed by atoms with van der Waals surface area (Å²) in [5, 5.41) is 1.24. The maximum absolute atomic E-state index is 5.69. The van der Waals surface area contributed by atoms with Crippen LogP contribution in [0.15, 0.2) is 22.8 Å². The minimum absolute atomic E-state index is 0.590. The fourth-order valence-corrected chi connectivity index (χ4v) is 2.09. The Hall–Kier alpha value is -0.800. The van der Waals surface area contributed by atoms with Gasteiger partial charge in [0, 0.05) is 35.2 Å². The van der Waals surface area contributed by atoms with Crippen molar-refractivity contribution in [3.8, 4) is 0 Å². The van der Waals surface area contributed by atoms with Gasteiger partial charge in [-0.15, -0.1) is 0 Å². The van der Waals surface area contributed by atoms with Gasteiger partial charge in [0.25, 0.3) is 0 Å². The summed E-state index contributed by atoms with van der Waals surface area (Å²) in [6.07, 6.45) is 2.09. The van der Waals surface area contributed by atoms with Gasteiger partial charge in [-0.1, -0.05) is 15.9 Å². The van der Waals surface area contributed by atoms with Crippen molar-refractivity contribution in [1.29, 1.82) is 0 Å². The van der Waals surface area contributed by atoms with Crippen LogP contribution < -0.4 is 5.73 Å². The average Bonchev–Trinajstić information content (AvgIpc) is 2.45. The summed E-state index contributed by atoms with van der Waals surface area (Å²) in [6, 6.07) is 4.32. The van der Waals surface area contributed by atoms with Crippen LogP contribution >= 0.6 is 15.9 Å². The number of aryl methyl sites for hydroxylation is 2. The number of fused-ring (bicyclic) bond motifs is 1. The highest BCUT2D eigenvalue weighted by molar-refractivity contribution is 9.10. The molecule has 0 amide bonds. The second-order valence-corrected chi connectivity index (χ2v) is 4.44. The predicted molar refractivity (Wildman–Crippen MR) is 63.2 cm³/mol. The van der Waals surface area contributed by atoms with E-state index < -0.39 is 0 Å². The van der Waals surface area contributed by atoms with Crippen LogP contribution in [0.5, 0.6) is 0 Å². The normalized spacial score (nSPS) is 11.1. The van der Waals surface area contributed by atoms with Crippen LogP contribution in [0.3, 0.4) is 0 Å². The summed E-state index contributed by atoms with van der Waals surface area (Å²) in [5.74, 6) is 0. The van der Waals surface area contributed by atoms with Crippen LogP contribution in [-0.4, -0.2) is 4.57 Å². The van der Waals surface area contributed by atoms with Crippen LogP contribution in [-0.2, 0) is 13.6 Å². The first-order chi connectivity index (χ1) is 6.63. The zero-order valence-corrected chi connectivity index (χ0v) is 9.93. The Morgan fingerprint density at radius 2 is 2.14 bits per heavy atom. The first-order valence-corrected chi connectivity index (χ1v) is 5.37. The van der Waals surface area contributed by atoms with E-state index in [0.29, 0.717) is 6.54 Å². The molecule has 0 unspecified atom stereocenters. The molecule has 2 N–H and O–H groups in total. The second kappa shape index (κ2) is 3.41. The molecule has 0 aliphatic heterocycles. The highest BCUT2D eigenvalue weighted by atomic mass is 79.9. The molecular formula is C11H13BrN2. The molecule has 2 rings (SSSR count). The monoisotopic (exact) mass is 252 g/mol. The number of rotatable bonds is 1. The highest BCUT2D eigenvalue weighted by Gasteiger charge is 2.07. The van der Waals surface area contributed by atoms with Crippen LogP contribution in [0, 0.1) is 6.92 Å². The minimum Gasteiger partial charge on any atom is -0.350 e. The first-order valence-electron chi connectivity index (χ1n) is 4.57. The van der Waals surface area contributed by atoms with Crippen molar-refractivity contribution in [2.24, 2.45) is 12.8 Å². The van der Waals surface area contributed by atoms with Gasteiger partial charge in [-0.2, -0.15) is 0 Å². The van der Waals surface area contributed by atoms with Crippen LogP contribution in [0.2, 0.25) is 0 Å². The third-order valence-electron chi connectivity index (χ3n) is 2.57. The number of hydrogen-bond donors (Lipinski definition) is 1. The number of benzene rings is 1. The third-order valence-corrected chi connectivity index (χ3v) is 3.43. The fraction of sp³-hybridized carbons (Fsp3) is 0.273. The largest absolute Gasteiger partial charge is 0.350 e. The van der Waals surface area contributed by atoms with Crippen LogP contribution in [0.4, 0.5) is 0 Å². The topological polar surface area (TPSA) is 30.9 Å². The molecule has 0 fully saturated rings.